The molecule has 0 bridgehead atoms. The molecule has 1 aromatic carbocycles. The van der Waals surface area contributed by atoms with Crippen LogP contribution in [0.4, 0.5) is 5.69 Å². The van der Waals surface area contributed by atoms with Crippen molar-refractivity contribution in [1.29, 1.82) is 0 Å². The lowest BCUT2D eigenvalue weighted by Crippen LogP contribution is -2.18. The van der Waals surface area contributed by atoms with Crippen molar-refractivity contribution in [3.63, 3.8) is 0 Å². The van der Waals surface area contributed by atoms with Gasteiger partial charge in [-0.25, -0.2) is 4.68 Å². The number of carbonyl (C=O) groups is 1. The second-order valence-electron chi connectivity index (χ2n) is 5.11. The van der Waals surface area contributed by atoms with Crippen molar-refractivity contribution < 1.29 is 4.79 Å². The molecule has 1 fully saturated rings. The van der Waals surface area contributed by atoms with Crippen molar-refractivity contribution >= 4 is 24.0 Å². The van der Waals surface area contributed by atoms with E-state index in [-0.39, 0.29) is 18.3 Å². The molecule has 1 saturated heterocycles. The molecule has 0 saturated carbocycles. The van der Waals surface area contributed by atoms with Gasteiger partial charge >= 0.3 is 0 Å². The van der Waals surface area contributed by atoms with Gasteiger partial charge in [0, 0.05) is 24.5 Å². The molecule has 1 amide bonds. The number of anilines is 1. The maximum atomic E-state index is 11.9. The fraction of sp³-hybridized carbons (Fsp3) is 0.333. The average Bonchev–Trinajstić information content (AvgIpc) is 3.12. The standard InChI is InChI=1S/C15H18N4O.ClH/c20-15(10-12-6-8-16-11-12)18-13-2-4-14(5-3-13)19-9-1-7-17-19;/h1-5,7,9,12,16H,6,8,10-11H2,(H,18,20);1H. The quantitative estimate of drug-likeness (QED) is 0.910. The van der Waals surface area contributed by atoms with Crippen molar-refractivity contribution in [3.05, 3.63) is 42.7 Å². The lowest BCUT2D eigenvalue weighted by Gasteiger charge is -2.09. The van der Waals surface area contributed by atoms with Gasteiger partial charge in [-0.05, 0) is 55.8 Å². The number of nitrogens with zero attached hydrogens (tertiary/aromatic N) is 2. The molecule has 1 aromatic heterocycles. The van der Waals surface area contributed by atoms with E-state index in [1.807, 2.05) is 36.5 Å². The molecular weight excluding hydrogens is 288 g/mol. The van der Waals surface area contributed by atoms with Gasteiger partial charge in [0.15, 0.2) is 0 Å². The molecule has 0 radical (unpaired) electrons. The van der Waals surface area contributed by atoms with Crippen molar-refractivity contribution in [2.45, 2.75) is 12.8 Å². The largest absolute Gasteiger partial charge is 0.326 e. The molecule has 6 heteroatoms. The van der Waals surface area contributed by atoms with Gasteiger partial charge in [0.05, 0.1) is 5.69 Å². The SMILES string of the molecule is Cl.O=C(CC1CCNC1)Nc1ccc(-n2cccn2)cc1. The van der Waals surface area contributed by atoms with Crippen LogP contribution in [0.1, 0.15) is 12.8 Å². The summed E-state index contributed by atoms with van der Waals surface area (Å²) in [5.74, 6) is 0.559. The summed E-state index contributed by atoms with van der Waals surface area (Å²) in [6.07, 6.45) is 5.31. The number of rotatable bonds is 4. The highest BCUT2D eigenvalue weighted by molar-refractivity contribution is 5.90. The summed E-state index contributed by atoms with van der Waals surface area (Å²) in [6, 6.07) is 9.58. The molecule has 1 unspecified atom stereocenters. The number of halogens is 1. The van der Waals surface area contributed by atoms with Crippen LogP contribution >= 0.6 is 12.4 Å². The summed E-state index contributed by atoms with van der Waals surface area (Å²) >= 11 is 0. The monoisotopic (exact) mass is 306 g/mol. The van der Waals surface area contributed by atoms with Crippen LogP contribution in [0.2, 0.25) is 0 Å². The lowest BCUT2D eigenvalue weighted by molar-refractivity contribution is -0.116. The maximum absolute atomic E-state index is 11.9. The second kappa shape index (κ2) is 7.24. The van der Waals surface area contributed by atoms with E-state index in [1.54, 1.807) is 10.9 Å². The Bertz CT molecular complexity index is 562. The summed E-state index contributed by atoms with van der Waals surface area (Å²) in [4.78, 5) is 11.9. The fourth-order valence-corrected chi connectivity index (χ4v) is 2.48. The summed E-state index contributed by atoms with van der Waals surface area (Å²) in [6.45, 7) is 1.97. The molecule has 0 aliphatic carbocycles. The number of aromatic nitrogens is 2. The van der Waals surface area contributed by atoms with Gasteiger partial charge in [-0.15, -0.1) is 12.4 Å². The molecule has 0 spiro atoms. The van der Waals surface area contributed by atoms with Gasteiger partial charge in [-0.1, -0.05) is 0 Å². The van der Waals surface area contributed by atoms with Crippen LogP contribution in [0.25, 0.3) is 5.69 Å². The van der Waals surface area contributed by atoms with E-state index in [9.17, 15) is 4.79 Å². The van der Waals surface area contributed by atoms with E-state index >= 15 is 0 Å². The van der Waals surface area contributed by atoms with Crippen molar-refractivity contribution in [2.24, 2.45) is 5.92 Å². The van der Waals surface area contributed by atoms with Gasteiger partial charge in [0.2, 0.25) is 5.91 Å². The first-order chi connectivity index (χ1) is 9.81. The molecule has 21 heavy (non-hydrogen) atoms. The van der Waals surface area contributed by atoms with Crippen molar-refractivity contribution in [2.75, 3.05) is 18.4 Å². The Kier molecular flexibility index (Phi) is 5.36. The zero-order valence-corrected chi connectivity index (χ0v) is 12.5. The van der Waals surface area contributed by atoms with Crippen molar-refractivity contribution in [1.82, 2.24) is 15.1 Å². The minimum absolute atomic E-state index is 0. The summed E-state index contributed by atoms with van der Waals surface area (Å²) in [5, 5.41) is 10.4. The third-order valence-electron chi connectivity index (χ3n) is 3.56. The summed E-state index contributed by atoms with van der Waals surface area (Å²) in [5.41, 5.74) is 1.81. The van der Waals surface area contributed by atoms with E-state index in [1.165, 1.54) is 0 Å². The minimum Gasteiger partial charge on any atom is -0.326 e. The van der Waals surface area contributed by atoms with Crippen molar-refractivity contribution in [3.8, 4) is 5.69 Å². The Morgan fingerprint density at radius 1 is 1.38 bits per heavy atom. The third kappa shape index (κ3) is 4.06. The van der Waals surface area contributed by atoms with Crippen LogP contribution in [0.15, 0.2) is 42.7 Å². The molecule has 1 atom stereocenters. The predicted octanol–water partition coefficient (Wildman–Crippen LogP) is 2.23. The number of hydrogen-bond acceptors (Lipinski definition) is 3. The number of nitrogens with one attached hydrogen (secondary N) is 2. The summed E-state index contributed by atoms with van der Waals surface area (Å²) < 4.78 is 1.79. The normalized spacial score (nSPS) is 17.2. The zero-order chi connectivity index (χ0) is 13.8. The Morgan fingerprint density at radius 3 is 2.81 bits per heavy atom. The van der Waals surface area contributed by atoms with E-state index in [4.69, 9.17) is 0 Å². The number of hydrogen-bond donors (Lipinski definition) is 2. The number of amides is 1. The minimum atomic E-state index is 0. The highest BCUT2D eigenvalue weighted by Crippen LogP contribution is 2.16. The first-order valence-corrected chi connectivity index (χ1v) is 6.92. The molecule has 1 aliphatic heterocycles. The summed E-state index contributed by atoms with van der Waals surface area (Å²) in [7, 11) is 0. The molecule has 2 N–H and O–H groups in total. The van der Waals surface area contributed by atoms with E-state index in [0.717, 1.165) is 30.9 Å². The van der Waals surface area contributed by atoms with Crippen LogP contribution in [0.3, 0.4) is 0 Å². The average molecular weight is 307 g/mol. The molecule has 112 valence electrons. The number of carbonyl (C=O) groups excluding carboxylic acids is 1. The third-order valence-corrected chi connectivity index (χ3v) is 3.56. The highest BCUT2D eigenvalue weighted by Gasteiger charge is 2.17. The molecule has 3 rings (SSSR count). The Balaban J connectivity index is 0.00000161. The molecular formula is C15H19ClN4O. The van der Waals surface area contributed by atoms with Gasteiger partial charge in [-0.3, -0.25) is 4.79 Å². The Labute approximate surface area is 130 Å². The Morgan fingerprint density at radius 2 is 2.19 bits per heavy atom. The van der Waals surface area contributed by atoms with E-state index in [2.05, 4.69) is 15.7 Å². The van der Waals surface area contributed by atoms with E-state index in [0.29, 0.717) is 12.3 Å². The predicted molar refractivity (Wildman–Crippen MR) is 85.0 cm³/mol. The van der Waals surface area contributed by atoms with E-state index < -0.39 is 0 Å². The van der Waals surface area contributed by atoms with Gasteiger partial charge in [-0.2, -0.15) is 5.10 Å². The van der Waals surface area contributed by atoms with Gasteiger partial charge < -0.3 is 10.6 Å². The highest BCUT2D eigenvalue weighted by atomic mass is 35.5. The van der Waals surface area contributed by atoms with Crippen LogP contribution in [0.5, 0.6) is 0 Å². The fourth-order valence-electron chi connectivity index (χ4n) is 2.48. The molecule has 2 heterocycles. The molecule has 5 nitrogen and oxygen atoms in total. The van der Waals surface area contributed by atoms with Crippen LogP contribution < -0.4 is 10.6 Å². The van der Waals surface area contributed by atoms with Gasteiger partial charge in [0.1, 0.15) is 0 Å². The van der Waals surface area contributed by atoms with Gasteiger partial charge in [0.25, 0.3) is 0 Å². The Hall–Kier alpha value is -1.85. The molecule has 1 aliphatic rings. The van der Waals surface area contributed by atoms with Crippen LogP contribution in [-0.4, -0.2) is 28.8 Å². The zero-order valence-electron chi connectivity index (χ0n) is 11.7. The van der Waals surface area contributed by atoms with Crippen LogP contribution in [-0.2, 0) is 4.79 Å². The first-order valence-electron chi connectivity index (χ1n) is 6.92. The lowest BCUT2D eigenvalue weighted by atomic mass is 10.0. The maximum Gasteiger partial charge on any atom is 0.224 e. The number of benzene rings is 1. The topological polar surface area (TPSA) is 59.0 Å². The van der Waals surface area contributed by atoms with Crippen LogP contribution in [0, 0.1) is 5.92 Å². The molecule has 2 aromatic rings. The smallest absolute Gasteiger partial charge is 0.224 e. The first kappa shape index (κ1) is 15.5. The second-order valence-corrected chi connectivity index (χ2v) is 5.11.